The average Bonchev–Trinajstić information content (AvgIpc) is 3.28. The Kier molecular flexibility index (Phi) is 8.85. The van der Waals surface area contributed by atoms with Crippen LogP contribution in [0.2, 0.25) is 5.04 Å². The van der Waals surface area contributed by atoms with Gasteiger partial charge in [0.2, 0.25) is 0 Å². The first kappa shape index (κ1) is 29.7. The molecule has 7 heteroatoms. The first-order chi connectivity index (χ1) is 19.6. The summed E-state index contributed by atoms with van der Waals surface area (Å²) in [6.07, 6.45) is 1.26. The van der Waals surface area contributed by atoms with Crippen LogP contribution in [0, 0.1) is 0 Å². The lowest BCUT2D eigenvalue weighted by molar-refractivity contribution is -0.224. The van der Waals surface area contributed by atoms with E-state index in [0.717, 1.165) is 11.3 Å². The maximum Gasteiger partial charge on any atom is 0.261 e. The van der Waals surface area contributed by atoms with Gasteiger partial charge < -0.3 is 18.6 Å². The number of ether oxygens (including phenoxy) is 3. The minimum Gasteiger partial charge on any atom is -0.499 e. The van der Waals surface area contributed by atoms with Gasteiger partial charge in [-0.25, -0.2) is 0 Å². The van der Waals surface area contributed by atoms with Gasteiger partial charge in [0.25, 0.3) is 8.32 Å². The third-order valence-corrected chi connectivity index (χ3v) is 13.0. The van der Waals surface area contributed by atoms with Gasteiger partial charge >= 0.3 is 0 Å². The number of hydrogen-bond donors (Lipinski definition) is 0. The van der Waals surface area contributed by atoms with Crippen LogP contribution in [-0.2, 0) is 30.0 Å². The summed E-state index contributed by atoms with van der Waals surface area (Å²) in [6, 6.07) is 31.4. The van der Waals surface area contributed by atoms with Crippen molar-refractivity contribution < 1.29 is 23.5 Å². The summed E-state index contributed by atoms with van der Waals surface area (Å²) in [5, 5.41) is 4.29. The van der Waals surface area contributed by atoms with Crippen molar-refractivity contribution in [2.75, 3.05) is 20.3 Å². The SMILES string of the molecule is COC1=CCON(Cc2ccccc2)[C@H]1[C@H]1OC(C)(C)O[C@H]1CO[Si](c1ccccc1)(c1ccccc1)C(C)(C)C. The van der Waals surface area contributed by atoms with Crippen molar-refractivity contribution >= 4 is 18.7 Å². The van der Waals surface area contributed by atoms with Gasteiger partial charge in [-0.3, -0.25) is 4.84 Å². The van der Waals surface area contributed by atoms with Gasteiger partial charge in [-0.05, 0) is 40.9 Å². The molecule has 3 atom stereocenters. The molecule has 2 heterocycles. The molecule has 5 rings (SSSR count). The summed E-state index contributed by atoms with van der Waals surface area (Å²) in [7, 11) is -1.06. The molecule has 0 aliphatic carbocycles. The molecule has 2 aliphatic heterocycles. The van der Waals surface area contributed by atoms with Crippen LogP contribution < -0.4 is 10.4 Å². The Morgan fingerprint density at radius 1 is 0.854 bits per heavy atom. The molecule has 1 saturated heterocycles. The summed E-state index contributed by atoms with van der Waals surface area (Å²) < 4.78 is 26.4. The minimum atomic E-state index is -2.77. The van der Waals surface area contributed by atoms with Crippen LogP contribution >= 0.6 is 0 Å². The van der Waals surface area contributed by atoms with Crippen molar-refractivity contribution in [1.82, 2.24) is 5.06 Å². The number of hydroxylamine groups is 2. The van der Waals surface area contributed by atoms with E-state index in [-0.39, 0.29) is 23.3 Å². The van der Waals surface area contributed by atoms with E-state index in [1.54, 1.807) is 7.11 Å². The maximum absolute atomic E-state index is 7.30. The van der Waals surface area contributed by atoms with Crippen LogP contribution in [0.5, 0.6) is 0 Å². The second kappa shape index (κ2) is 12.2. The van der Waals surface area contributed by atoms with E-state index in [0.29, 0.717) is 19.8 Å². The largest absolute Gasteiger partial charge is 0.499 e. The van der Waals surface area contributed by atoms with Gasteiger partial charge in [0.05, 0.1) is 26.9 Å². The Balaban J connectivity index is 1.51. The lowest BCUT2D eigenvalue weighted by atomic mass is 10.0. The summed E-state index contributed by atoms with van der Waals surface area (Å²) in [5.41, 5.74) is 1.15. The quantitative estimate of drug-likeness (QED) is 0.318. The predicted molar refractivity (Wildman–Crippen MR) is 164 cm³/mol. The Morgan fingerprint density at radius 2 is 1.41 bits per heavy atom. The van der Waals surface area contributed by atoms with Crippen LogP contribution in [-0.4, -0.2) is 57.7 Å². The van der Waals surface area contributed by atoms with Gasteiger partial charge in [0.1, 0.15) is 24.0 Å². The van der Waals surface area contributed by atoms with Crippen molar-refractivity contribution in [3.8, 4) is 0 Å². The fourth-order valence-corrected chi connectivity index (χ4v) is 10.8. The van der Waals surface area contributed by atoms with E-state index in [4.69, 9.17) is 23.5 Å². The van der Waals surface area contributed by atoms with Crippen molar-refractivity contribution in [3.63, 3.8) is 0 Å². The number of rotatable bonds is 9. The Hall–Kier alpha value is -2.78. The van der Waals surface area contributed by atoms with Crippen LogP contribution in [0.3, 0.4) is 0 Å². The fraction of sp³-hybridized carbons (Fsp3) is 0.412. The highest BCUT2D eigenvalue weighted by molar-refractivity contribution is 6.99. The van der Waals surface area contributed by atoms with Gasteiger partial charge in [-0.2, -0.15) is 5.06 Å². The average molecular weight is 574 g/mol. The zero-order valence-corrected chi connectivity index (χ0v) is 26.1. The lowest BCUT2D eigenvalue weighted by Crippen LogP contribution is -2.67. The Morgan fingerprint density at radius 3 is 1.95 bits per heavy atom. The maximum atomic E-state index is 7.30. The van der Waals surface area contributed by atoms with Gasteiger partial charge in [-0.15, -0.1) is 0 Å². The van der Waals surface area contributed by atoms with Gasteiger partial charge in [0, 0.05) is 0 Å². The number of hydrogen-bond acceptors (Lipinski definition) is 6. The molecule has 2 aliphatic rings. The van der Waals surface area contributed by atoms with Crippen molar-refractivity contribution in [3.05, 3.63) is 108 Å². The van der Waals surface area contributed by atoms with Crippen LogP contribution in [0.25, 0.3) is 0 Å². The molecule has 0 aromatic heterocycles. The normalized spacial score (nSPS) is 23.3. The number of methoxy groups -OCH3 is 1. The van der Waals surface area contributed by atoms with Crippen LogP contribution in [0.1, 0.15) is 40.2 Å². The van der Waals surface area contributed by atoms with E-state index in [1.165, 1.54) is 10.4 Å². The summed E-state index contributed by atoms with van der Waals surface area (Å²) >= 11 is 0. The molecule has 0 unspecified atom stereocenters. The second-order valence-corrected chi connectivity index (χ2v) is 16.5. The van der Waals surface area contributed by atoms with Crippen molar-refractivity contribution in [2.45, 2.75) is 70.2 Å². The molecule has 41 heavy (non-hydrogen) atoms. The van der Waals surface area contributed by atoms with E-state index in [1.807, 2.05) is 43.2 Å². The molecule has 3 aromatic rings. The van der Waals surface area contributed by atoms with E-state index in [9.17, 15) is 0 Å². The molecule has 6 nitrogen and oxygen atoms in total. The standard InChI is InChI=1S/C34H43NO5Si/c1-33(2,3)41(27-18-12-8-13-19-27,28-20-14-9-15-21-28)38-25-30-32(40-34(4,5)39-30)31-29(36-6)22-23-37-35(31)24-26-16-10-7-11-17-26/h7-22,30-32H,23-25H2,1-6H3/t30-,31+,32-/m0/s1. The lowest BCUT2D eigenvalue weighted by Gasteiger charge is -2.44. The van der Waals surface area contributed by atoms with E-state index < -0.39 is 14.1 Å². The Bertz CT molecular complexity index is 1250. The molecule has 0 bridgehead atoms. The minimum absolute atomic E-state index is 0.148. The summed E-state index contributed by atoms with van der Waals surface area (Å²) in [4.78, 5) is 6.20. The smallest absolute Gasteiger partial charge is 0.261 e. The summed E-state index contributed by atoms with van der Waals surface area (Å²) in [5.74, 6) is 0.0210. The number of benzene rings is 3. The monoisotopic (exact) mass is 573 g/mol. The highest BCUT2D eigenvalue weighted by atomic mass is 28.4. The fourth-order valence-electron chi connectivity index (χ4n) is 6.22. The van der Waals surface area contributed by atoms with Gasteiger partial charge in [0.15, 0.2) is 5.79 Å². The molecule has 218 valence electrons. The van der Waals surface area contributed by atoms with E-state index >= 15 is 0 Å². The highest BCUT2D eigenvalue weighted by Crippen LogP contribution is 2.40. The predicted octanol–water partition coefficient (Wildman–Crippen LogP) is 5.43. The van der Waals surface area contributed by atoms with Crippen LogP contribution in [0.4, 0.5) is 0 Å². The molecule has 3 aromatic carbocycles. The highest BCUT2D eigenvalue weighted by Gasteiger charge is 2.54. The summed E-state index contributed by atoms with van der Waals surface area (Å²) in [6.45, 7) is 12.2. The molecule has 0 spiro atoms. The molecule has 1 fully saturated rings. The third-order valence-electron chi connectivity index (χ3n) is 7.96. The van der Waals surface area contributed by atoms with Crippen molar-refractivity contribution in [2.24, 2.45) is 0 Å². The van der Waals surface area contributed by atoms with Crippen molar-refractivity contribution in [1.29, 1.82) is 0 Å². The first-order valence-electron chi connectivity index (χ1n) is 14.4. The van der Waals surface area contributed by atoms with E-state index in [2.05, 4.69) is 93.6 Å². The Labute approximate surface area is 245 Å². The second-order valence-electron chi connectivity index (χ2n) is 12.2. The number of nitrogens with zero attached hydrogens (tertiary/aromatic N) is 1. The van der Waals surface area contributed by atoms with Crippen LogP contribution in [0.15, 0.2) is 103 Å². The third kappa shape index (κ3) is 6.21. The zero-order valence-electron chi connectivity index (χ0n) is 25.1. The molecule has 0 saturated carbocycles. The first-order valence-corrected chi connectivity index (χ1v) is 16.3. The molecular formula is C34H43NO5Si. The molecule has 0 radical (unpaired) electrons. The molecular weight excluding hydrogens is 530 g/mol. The van der Waals surface area contributed by atoms with Gasteiger partial charge in [-0.1, -0.05) is 112 Å². The zero-order chi connectivity index (χ0) is 29.1. The topological polar surface area (TPSA) is 49.4 Å². The molecule has 0 amide bonds. The molecule has 0 N–H and O–H groups in total.